The van der Waals surface area contributed by atoms with Crippen LogP contribution in [0.3, 0.4) is 0 Å². The quantitative estimate of drug-likeness (QED) is 0.225. The lowest BCUT2D eigenvalue weighted by molar-refractivity contribution is -0.139. The summed E-state index contributed by atoms with van der Waals surface area (Å²) in [6.07, 6.45) is 1.49. The van der Waals surface area contributed by atoms with Crippen molar-refractivity contribution in [2.45, 2.75) is 19.9 Å². The smallest absolute Gasteiger partial charge is 0.338 e. The maximum absolute atomic E-state index is 12.5. The van der Waals surface area contributed by atoms with Crippen LogP contribution >= 0.6 is 15.9 Å². The number of halogens is 1. The van der Waals surface area contributed by atoms with E-state index in [0.717, 1.165) is 10.0 Å². The number of allylic oxidation sites excluding steroid dienone is 1. The Kier molecular flexibility index (Phi) is 9.50. The number of methoxy groups -OCH3 is 2. The van der Waals surface area contributed by atoms with E-state index in [1.165, 1.54) is 13.3 Å². The van der Waals surface area contributed by atoms with Gasteiger partial charge in [0, 0.05) is 5.70 Å². The minimum Gasteiger partial charge on any atom is -0.496 e. The summed E-state index contributed by atoms with van der Waals surface area (Å²) in [7, 11) is 3.01. The first-order chi connectivity index (χ1) is 17.8. The van der Waals surface area contributed by atoms with Crippen LogP contribution in [-0.2, 0) is 14.3 Å². The molecule has 2 aromatic carbocycles. The Morgan fingerprint density at radius 1 is 1.11 bits per heavy atom. The van der Waals surface area contributed by atoms with Crippen LogP contribution in [-0.4, -0.2) is 51.6 Å². The minimum atomic E-state index is -0.758. The van der Waals surface area contributed by atoms with E-state index < -0.39 is 23.9 Å². The SMILES string of the molecule is CCOC(=O)C1=C(C)NC(=O)N[C@@H]1c1ccc(OCC(=O)N/N=C\c2ccc(OC)c(Br)c2)c(OC)c1. The summed E-state index contributed by atoms with van der Waals surface area (Å²) in [5.41, 5.74) is 4.39. The van der Waals surface area contributed by atoms with E-state index in [2.05, 4.69) is 37.1 Å². The molecule has 0 spiro atoms. The number of hydrogen-bond acceptors (Lipinski definition) is 8. The zero-order valence-corrected chi connectivity index (χ0v) is 22.3. The molecule has 0 saturated heterocycles. The van der Waals surface area contributed by atoms with E-state index in [0.29, 0.717) is 28.5 Å². The first-order valence-corrected chi connectivity index (χ1v) is 12.0. The number of hydrazone groups is 1. The molecule has 0 fully saturated rings. The fraction of sp³-hybridized carbons (Fsp3) is 0.280. The van der Waals surface area contributed by atoms with Gasteiger partial charge in [0.1, 0.15) is 5.75 Å². The number of benzene rings is 2. The summed E-state index contributed by atoms with van der Waals surface area (Å²) in [5, 5.41) is 9.24. The third-order valence-electron chi connectivity index (χ3n) is 5.22. The third-order valence-corrected chi connectivity index (χ3v) is 5.84. The van der Waals surface area contributed by atoms with Gasteiger partial charge in [-0.1, -0.05) is 6.07 Å². The van der Waals surface area contributed by atoms with Gasteiger partial charge in [-0.05, 0) is 71.2 Å². The van der Waals surface area contributed by atoms with Crippen LogP contribution in [0, 0.1) is 0 Å². The molecule has 3 amide bonds. The van der Waals surface area contributed by atoms with Crippen molar-refractivity contribution in [1.82, 2.24) is 16.1 Å². The van der Waals surface area contributed by atoms with Gasteiger partial charge < -0.3 is 29.6 Å². The topological polar surface area (TPSA) is 137 Å². The Morgan fingerprint density at radius 3 is 2.51 bits per heavy atom. The Bertz CT molecular complexity index is 1250. The van der Waals surface area contributed by atoms with Gasteiger partial charge in [-0.25, -0.2) is 15.0 Å². The molecular weight excluding hydrogens is 548 g/mol. The van der Waals surface area contributed by atoms with E-state index in [1.807, 2.05) is 0 Å². The lowest BCUT2D eigenvalue weighted by Gasteiger charge is -2.28. The number of rotatable bonds is 10. The number of carbonyl (C=O) groups is 3. The number of esters is 1. The molecule has 1 aliphatic rings. The highest BCUT2D eigenvalue weighted by Crippen LogP contribution is 2.34. The molecule has 196 valence electrons. The Hall–Kier alpha value is -4.06. The molecule has 11 nitrogen and oxygen atoms in total. The van der Waals surface area contributed by atoms with Crippen molar-refractivity contribution >= 4 is 40.1 Å². The van der Waals surface area contributed by atoms with Gasteiger partial charge in [0.05, 0.1) is 43.1 Å². The maximum atomic E-state index is 12.5. The predicted molar refractivity (Wildman–Crippen MR) is 139 cm³/mol. The normalized spacial score (nSPS) is 15.1. The Balaban J connectivity index is 1.67. The van der Waals surface area contributed by atoms with E-state index in [1.54, 1.807) is 57.4 Å². The summed E-state index contributed by atoms with van der Waals surface area (Å²) < 4.78 is 22.1. The van der Waals surface area contributed by atoms with Crippen molar-refractivity contribution in [3.8, 4) is 17.2 Å². The number of carbonyl (C=O) groups excluding carboxylic acids is 3. The van der Waals surface area contributed by atoms with Crippen molar-refractivity contribution in [3.63, 3.8) is 0 Å². The lowest BCUT2D eigenvalue weighted by Crippen LogP contribution is -2.45. The molecule has 1 aliphatic heterocycles. The standard InChI is InChI=1S/C25H27BrN4O7/c1-5-36-24(32)22-14(2)28-25(33)29-23(22)16-7-9-19(20(11-16)35-4)37-13-21(31)30-27-12-15-6-8-18(34-3)17(26)10-15/h6-12,23H,5,13H2,1-4H3,(H,30,31)(H2,28,29,33)/b27-12-/t23-/m1/s1. The van der Waals surface area contributed by atoms with Gasteiger partial charge in [-0.2, -0.15) is 5.10 Å². The minimum absolute atomic E-state index is 0.191. The fourth-order valence-corrected chi connectivity index (χ4v) is 4.08. The van der Waals surface area contributed by atoms with E-state index in [9.17, 15) is 14.4 Å². The summed E-state index contributed by atoms with van der Waals surface area (Å²) in [5.74, 6) is 0.258. The number of hydrogen-bond donors (Lipinski definition) is 3. The predicted octanol–water partition coefficient (Wildman–Crippen LogP) is 3.19. The highest BCUT2D eigenvalue weighted by atomic mass is 79.9. The molecule has 3 N–H and O–H groups in total. The van der Waals surface area contributed by atoms with Crippen LogP contribution in [0.1, 0.15) is 31.0 Å². The van der Waals surface area contributed by atoms with Crippen LogP contribution in [0.4, 0.5) is 4.79 Å². The molecule has 3 rings (SSSR count). The monoisotopic (exact) mass is 574 g/mol. The number of nitrogens with zero attached hydrogens (tertiary/aromatic N) is 1. The van der Waals surface area contributed by atoms with E-state index in [4.69, 9.17) is 18.9 Å². The number of ether oxygens (including phenoxy) is 4. The molecule has 12 heteroatoms. The van der Waals surface area contributed by atoms with Crippen molar-refractivity contribution in [1.29, 1.82) is 0 Å². The number of nitrogens with one attached hydrogen (secondary N) is 3. The van der Waals surface area contributed by atoms with Crippen LogP contribution in [0.25, 0.3) is 0 Å². The molecule has 2 aromatic rings. The third kappa shape index (κ3) is 7.00. The van der Waals surface area contributed by atoms with Crippen LogP contribution in [0.15, 0.2) is 57.2 Å². The van der Waals surface area contributed by atoms with E-state index >= 15 is 0 Å². The second-order valence-electron chi connectivity index (χ2n) is 7.68. The maximum Gasteiger partial charge on any atom is 0.338 e. The zero-order chi connectivity index (χ0) is 26.9. The first-order valence-electron chi connectivity index (χ1n) is 11.2. The van der Waals surface area contributed by atoms with Crippen molar-refractivity contribution in [2.24, 2.45) is 5.10 Å². The number of amides is 3. The number of urea groups is 1. The Labute approximate surface area is 222 Å². The zero-order valence-electron chi connectivity index (χ0n) is 20.7. The van der Waals surface area contributed by atoms with Gasteiger partial charge in [-0.15, -0.1) is 0 Å². The average Bonchev–Trinajstić information content (AvgIpc) is 2.87. The molecule has 1 heterocycles. The van der Waals surface area contributed by atoms with Gasteiger partial charge in [0.2, 0.25) is 0 Å². The Morgan fingerprint density at radius 2 is 1.84 bits per heavy atom. The van der Waals surface area contributed by atoms with Crippen LogP contribution < -0.4 is 30.3 Å². The molecule has 0 radical (unpaired) electrons. The van der Waals surface area contributed by atoms with Crippen molar-refractivity contribution < 1.29 is 33.3 Å². The molecule has 0 saturated carbocycles. The second-order valence-corrected chi connectivity index (χ2v) is 8.53. The van der Waals surface area contributed by atoms with Gasteiger partial charge in [0.15, 0.2) is 18.1 Å². The first kappa shape index (κ1) is 27.5. The average molecular weight is 575 g/mol. The summed E-state index contributed by atoms with van der Waals surface area (Å²) in [6, 6.07) is 9.03. The van der Waals surface area contributed by atoms with Crippen molar-refractivity contribution in [2.75, 3.05) is 27.4 Å². The van der Waals surface area contributed by atoms with Gasteiger partial charge in [0.25, 0.3) is 5.91 Å². The molecule has 37 heavy (non-hydrogen) atoms. The molecular formula is C25H27BrN4O7. The lowest BCUT2D eigenvalue weighted by atomic mass is 9.95. The van der Waals surface area contributed by atoms with Gasteiger partial charge >= 0.3 is 12.0 Å². The molecule has 0 unspecified atom stereocenters. The molecule has 0 bridgehead atoms. The van der Waals surface area contributed by atoms with E-state index in [-0.39, 0.29) is 18.8 Å². The largest absolute Gasteiger partial charge is 0.496 e. The highest BCUT2D eigenvalue weighted by Gasteiger charge is 2.32. The van der Waals surface area contributed by atoms with Crippen LogP contribution in [0.2, 0.25) is 0 Å². The molecule has 0 aliphatic carbocycles. The summed E-state index contributed by atoms with van der Waals surface area (Å²) in [4.78, 5) is 36.8. The second kappa shape index (κ2) is 12.8. The fourth-order valence-electron chi connectivity index (χ4n) is 3.52. The molecule has 0 aromatic heterocycles. The van der Waals surface area contributed by atoms with Crippen LogP contribution in [0.5, 0.6) is 17.2 Å². The molecule has 1 atom stereocenters. The highest BCUT2D eigenvalue weighted by molar-refractivity contribution is 9.10. The van der Waals surface area contributed by atoms with Crippen molar-refractivity contribution in [3.05, 3.63) is 63.3 Å². The summed E-state index contributed by atoms with van der Waals surface area (Å²) in [6.45, 7) is 3.19. The van der Waals surface area contributed by atoms with Gasteiger partial charge in [-0.3, -0.25) is 4.79 Å². The summed E-state index contributed by atoms with van der Waals surface area (Å²) >= 11 is 3.39.